The number of phosphoric ester groups is 1. The SMILES string of the molecule is CC/C=C\C/C=C\C/C=C\C/C=C\C/C=C\C/C=C\C/C=C\CCCCCCCCCCCCCCCCCCCC(=O)OC(COC(=O)CCCCCCCCCCCCCCCCCCCCCCC/C=C\C/C=C\C/C=C\C/C=C\C/C=C\CC)COP(=O)(O)OCCN. The third-order valence-electron chi connectivity index (χ3n) is 17.2. The van der Waals surface area contributed by atoms with E-state index < -0.39 is 26.5 Å². The second-order valence-corrected chi connectivity index (χ2v) is 28.0. The molecule has 0 aromatic carbocycles. The molecule has 0 aliphatic heterocycles. The van der Waals surface area contributed by atoms with Gasteiger partial charge in [0, 0.05) is 19.4 Å². The van der Waals surface area contributed by atoms with E-state index in [1.807, 2.05) is 0 Å². The number of esters is 2. The molecule has 556 valence electrons. The first-order valence-corrected chi connectivity index (χ1v) is 41.8. The van der Waals surface area contributed by atoms with Crippen molar-refractivity contribution in [2.75, 3.05) is 26.4 Å². The van der Waals surface area contributed by atoms with Crippen molar-refractivity contribution in [3.05, 3.63) is 146 Å². The Hall–Kier alpha value is -4.11. The second kappa shape index (κ2) is 80.9. The molecule has 0 radical (unpaired) electrons. The topological polar surface area (TPSA) is 134 Å². The third-order valence-corrected chi connectivity index (χ3v) is 18.2. The van der Waals surface area contributed by atoms with Gasteiger partial charge < -0.3 is 20.1 Å². The zero-order valence-corrected chi connectivity index (χ0v) is 63.7. The summed E-state index contributed by atoms with van der Waals surface area (Å²) in [4.78, 5) is 35.5. The zero-order valence-electron chi connectivity index (χ0n) is 62.8. The minimum absolute atomic E-state index is 0.0508. The highest BCUT2D eigenvalue weighted by atomic mass is 31.2. The quantitative estimate of drug-likeness (QED) is 0.0264. The lowest BCUT2D eigenvalue weighted by atomic mass is 10.0. The van der Waals surface area contributed by atoms with Crippen molar-refractivity contribution in [2.24, 2.45) is 5.73 Å². The molecular weight excluding hydrogens is 1220 g/mol. The van der Waals surface area contributed by atoms with Crippen molar-refractivity contribution in [3.63, 3.8) is 0 Å². The van der Waals surface area contributed by atoms with Crippen LogP contribution in [0.4, 0.5) is 0 Å². The molecule has 0 amide bonds. The van der Waals surface area contributed by atoms with Crippen molar-refractivity contribution < 1.29 is 37.6 Å². The van der Waals surface area contributed by atoms with Gasteiger partial charge in [-0.3, -0.25) is 18.6 Å². The van der Waals surface area contributed by atoms with Gasteiger partial charge in [0.1, 0.15) is 6.61 Å². The van der Waals surface area contributed by atoms with Gasteiger partial charge in [0.25, 0.3) is 0 Å². The minimum atomic E-state index is -4.40. The van der Waals surface area contributed by atoms with Crippen LogP contribution in [0.3, 0.4) is 0 Å². The molecule has 0 saturated heterocycles. The van der Waals surface area contributed by atoms with Gasteiger partial charge in [-0.15, -0.1) is 0 Å². The first kappa shape index (κ1) is 92.9. The van der Waals surface area contributed by atoms with Gasteiger partial charge in [-0.2, -0.15) is 0 Å². The summed E-state index contributed by atoms with van der Waals surface area (Å²) in [7, 11) is -4.40. The highest BCUT2D eigenvalue weighted by molar-refractivity contribution is 7.47. The number of phosphoric acid groups is 1. The van der Waals surface area contributed by atoms with Gasteiger partial charge in [0.2, 0.25) is 0 Å². The number of hydrogen-bond donors (Lipinski definition) is 2. The molecule has 0 saturated carbocycles. The van der Waals surface area contributed by atoms with Gasteiger partial charge in [0.15, 0.2) is 6.10 Å². The Morgan fingerprint density at radius 2 is 0.536 bits per heavy atom. The number of ether oxygens (including phenoxy) is 2. The Balaban J connectivity index is 3.81. The molecule has 0 aromatic rings. The predicted molar refractivity (Wildman–Crippen MR) is 422 cm³/mol. The van der Waals surface area contributed by atoms with Gasteiger partial charge in [-0.25, -0.2) is 4.57 Å². The van der Waals surface area contributed by atoms with Gasteiger partial charge in [-0.1, -0.05) is 378 Å². The number of carbonyl (C=O) groups excluding carboxylic acids is 2. The summed E-state index contributed by atoms with van der Waals surface area (Å²) in [5.41, 5.74) is 5.42. The Morgan fingerprint density at radius 3 is 0.794 bits per heavy atom. The number of rotatable bonds is 75. The van der Waals surface area contributed by atoms with E-state index in [9.17, 15) is 19.0 Å². The molecule has 0 rings (SSSR count). The van der Waals surface area contributed by atoms with Crippen LogP contribution < -0.4 is 5.73 Å². The Morgan fingerprint density at radius 1 is 0.309 bits per heavy atom. The molecule has 0 aliphatic carbocycles. The van der Waals surface area contributed by atoms with Crippen molar-refractivity contribution in [1.82, 2.24) is 0 Å². The molecule has 0 aliphatic rings. The van der Waals surface area contributed by atoms with Crippen LogP contribution in [0, 0.1) is 0 Å². The van der Waals surface area contributed by atoms with Gasteiger partial charge in [0.05, 0.1) is 13.2 Å². The molecule has 0 spiro atoms. The van der Waals surface area contributed by atoms with E-state index in [-0.39, 0.29) is 38.6 Å². The first-order valence-electron chi connectivity index (χ1n) is 40.3. The molecule has 0 bridgehead atoms. The average Bonchev–Trinajstić information content (AvgIpc) is 2.88. The molecule has 0 aromatic heterocycles. The van der Waals surface area contributed by atoms with Crippen LogP contribution in [0.1, 0.15) is 361 Å². The monoisotopic (exact) mass is 1370 g/mol. The summed E-state index contributed by atoms with van der Waals surface area (Å²) in [5.74, 6) is -0.816. The summed E-state index contributed by atoms with van der Waals surface area (Å²) in [6, 6.07) is 0. The van der Waals surface area contributed by atoms with Crippen LogP contribution in [0.5, 0.6) is 0 Å². The first-order chi connectivity index (χ1) is 47.8. The van der Waals surface area contributed by atoms with Gasteiger partial charge >= 0.3 is 19.8 Å². The van der Waals surface area contributed by atoms with Crippen molar-refractivity contribution >= 4 is 19.8 Å². The smallest absolute Gasteiger partial charge is 0.462 e. The molecular formula is C87H150NO8P. The van der Waals surface area contributed by atoms with Crippen LogP contribution in [0.15, 0.2) is 146 Å². The summed E-state index contributed by atoms with van der Waals surface area (Å²) in [6.45, 7) is 3.55. The zero-order chi connectivity index (χ0) is 70.0. The average molecular weight is 1370 g/mol. The van der Waals surface area contributed by atoms with E-state index >= 15 is 0 Å². The number of nitrogens with two attached hydrogens (primary N) is 1. The third kappa shape index (κ3) is 80.8. The molecule has 3 N–H and O–H groups in total. The van der Waals surface area contributed by atoms with Crippen molar-refractivity contribution in [1.29, 1.82) is 0 Å². The molecule has 9 nitrogen and oxygen atoms in total. The fourth-order valence-electron chi connectivity index (χ4n) is 11.4. The Bertz CT molecular complexity index is 2110. The standard InChI is InChI=1S/C87H150NO8P/c1-3-5-7-9-11-13-15-17-19-21-23-25-27-29-31-33-35-37-39-41-42-44-46-48-50-52-54-56-58-60-62-64-66-68-70-72-74-76-78-80-87(90)96-85(84-95-97(91,92)94-82-81-88)83-93-86(89)79-77-75-73-71-69-67-65-63-61-59-57-55-53-51-49-47-45-43-40-38-36-34-32-30-28-26-24-22-20-18-16-14-12-10-8-6-4-2/h5-8,11-14,17-20,23-26,29-32,35,37,41-42,85H,3-4,9-10,15-16,21-22,27-28,33-34,36,38-40,43-84,88H2,1-2H3,(H,91,92)/b7-5-,8-6-,13-11-,14-12-,19-17-,20-18-,25-23-,26-24-,31-29-,32-30-,37-35-,42-41-. The van der Waals surface area contributed by atoms with Crippen LogP contribution in [0.25, 0.3) is 0 Å². The highest BCUT2D eigenvalue weighted by Gasteiger charge is 2.26. The molecule has 0 fully saturated rings. The van der Waals surface area contributed by atoms with E-state index in [1.54, 1.807) is 0 Å². The van der Waals surface area contributed by atoms with Crippen molar-refractivity contribution in [2.45, 2.75) is 367 Å². The van der Waals surface area contributed by atoms with E-state index in [2.05, 4.69) is 160 Å². The fraction of sp³-hybridized carbons (Fsp3) is 0.701. The number of allylic oxidation sites excluding steroid dienone is 24. The molecule has 10 heteroatoms. The summed E-state index contributed by atoms with van der Waals surface area (Å²) < 4.78 is 33.3. The molecule has 2 atom stereocenters. The molecule has 2 unspecified atom stereocenters. The summed E-state index contributed by atoms with van der Waals surface area (Å²) >= 11 is 0. The van der Waals surface area contributed by atoms with E-state index in [1.165, 1.54) is 212 Å². The molecule has 97 heavy (non-hydrogen) atoms. The van der Waals surface area contributed by atoms with Crippen LogP contribution in [-0.4, -0.2) is 49.3 Å². The van der Waals surface area contributed by atoms with Gasteiger partial charge in [-0.05, 0) is 116 Å². The number of hydrogen-bond acceptors (Lipinski definition) is 8. The lowest BCUT2D eigenvalue weighted by Gasteiger charge is -2.19. The largest absolute Gasteiger partial charge is 0.472 e. The maximum absolute atomic E-state index is 12.8. The summed E-state index contributed by atoms with van der Waals surface area (Å²) in [5, 5.41) is 0. The maximum atomic E-state index is 12.8. The Kier molecular flexibility index (Phi) is 77.4. The van der Waals surface area contributed by atoms with Crippen LogP contribution >= 0.6 is 7.82 Å². The van der Waals surface area contributed by atoms with E-state index in [0.29, 0.717) is 6.42 Å². The Labute approximate surface area is 598 Å². The number of carbonyl (C=O) groups is 2. The lowest BCUT2D eigenvalue weighted by molar-refractivity contribution is -0.161. The van der Waals surface area contributed by atoms with E-state index in [4.69, 9.17) is 24.3 Å². The van der Waals surface area contributed by atoms with Crippen molar-refractivity contribution in [3.8, 4) is 0 Å². The predicted octanol–water partition coefficient (Wildman–Crippen LogP) is 27.3. The second-order valence-electron chi connectivity index (χ2n) is 26.5. The molecule has 0 heterocycles. The highest BCUT2D eigenvalue weighted by Crippen LogP contribution is 2.43. The summed E-state index contributed by atoms with van der Waals surface area (Å²) in [6.07, 6.45) is 117. The fourth-order valence-corrected chi connectivity index (χ4v) is 12.1. The van der Waals surface area contributed by atoms with Crippen LogP contribution in [-0.2, 0) is 32.7 Å². The lowest BCUT2D eigenvalue weighted by Crippen LogP contribution is -2.29. The number of unbranched alkanes of at least 4 members (excludes halogenated alkanes) is 38. The normalized spacial score (nSPS) is 13.6. The maximum Gasteiger partial charge on any atom is 0.472 e. The van der Waals surface area contributed by atoms with E-state index in [0.717, 1.165) is 116 Å². The van der Waals surface area contributed by atoms with Crippen LogP contribution in [0.2, 0.25) is 0 Å². The minimum Gasteiger partial charge on any atom is -0.462 e.